The number of ether oxygens (including phenoxy) is 1. The molecule has 0 atom stereocenters. The van der Waals surface area contributed by atoms with Gasteiger partial charge < -0.3 is 24.8 Å². The first kappa shape index (κ1) is 17.2. The number of anilines is 2. The quantitative estimate of drug-likeness (QED) is 0.718. The van der Waals surface area contributed by atoms with Crippen LogP contribution in [0.5, 0.6) is 0 Å². The highest BCUT2D eigenvalue weighted by Gasteiger charge is 2.14. The van der Waals surface area contributed by atoms with Crippen molar-refractivity contribution in [2.24, 2.45) is 0 Å². The lowest BCUT2D eigenvalue weighted by atomic mass is 10.3. The van der Waals surface area contributed by atoms with Crippen LogP contribution in [0.4, 0.5) is 11.8 Å². The number of nitrogens with one attached hydrogen (secondary N) is 2. The minimum absolute atomic E-state index is 0.0165. The second kappa shape index (κ2) is 8.48. The molecule has 2 aromatic heterocycles. The normalized spacial score (nSPS) is 14.4. The van der Waals surface area contributed by atoms with Crippen molar-refractivity contribution >= 4 is 17.7 Å². The highest BCUT2D eigenvalue weighted by Crippen LogP contribution is 2.15. The Kier molecular flexibility index (Phi) is 5.84. The lowest BCUT2D eigenvalue weighted by molar-refractivity contribution is -0.121. The predicted molar refractivity (Wildman–Crippen MR) is 95.7 cm³/mol. The minimum atomic E-state index is -0.0165. The molecule has 0 saturated carbocycles. The van der Waals surface area contributed by atoms with E-state index in [2.05, 4.69) is 25.5 Å². The van der Waals surface area contributed by atoms with Crippen molar-refractivity contribution in [1.29, 1.82) is 0 Å². The zero-order chi connectivity index (χ0) is 17.5. The summed E-state index contributed by atoms with van der Waals surface area (Å²) in [7, 11) is 0. The summed E-state index contributed by atoms with van der Waals surface area (Å²) in [4.78, 5) is 23.0. The Morgan fingerprint density at radius 2 is 1.96 bits per heavy atom. The van der Waals surface area contributed by atoms with Crippen LogP contribution in [0.15, 0.2) is 30.6 Å². The second-order valence-electron chi connectivity index (χ2n) is 5.92. The monoisotopic (exact) mass is 344 g/mol. The molecule has 2 N–H and O–H groups in total. The Balaban J connectivity index is 1.46. The van der Waals surface area contributed by atoms with Gasteiger partial charge in [0.15, 0.2) is 0 Å². The number of rotatable bonds is 7. The van der Waals surface area contributed by atoms with Crippen molar-refractivity contribution in [2.45, 2.75) is 13.5 Å². The molecule has 0 spiro atoms. The molecule has 3 rings (SSSR count). The first-order valence-corrected chi connectivity index (χ1v) is 8.50. The molecule has 1 amide bonds. The molecular weight excluding hydrogens is 320 g/mol. The second-order valence-corrected chi connectivity index (χ2v) is 5.92. The number of nitrogens with zero attached hydrogens (tertiary/aromatic N) is 4. The molecule has 25 heavy (non-hydrogen) atoms. The van der Waals surface area contributed by atoms with Gasteiger partial charge in [-0.2, -0.15) is 4.98 Å². The van der Waals surface area contributed by atoms with E-state index in [4.69, 9.17) is 4.74 Å². The summed E-state index contributed by atoms with van der Waals surface area (Å²) in [6.07, 6.45) is 3.73. The van der Waals surface area contributed by atoms with E-state index in [1.807, 2.05) is 42.1 Å². The van der Waals surface area contributed by atoms with E-state index in [9.17, 15) is 4.79 Å². The first-order chi connectivity index (χ1) is 12.2. The minimum Gasteiger partial charge on any atom is -0.378 e. The lowest BCUT2D eigenvalue weighted by Crippen LogP contribution is -2.37. The fraction of sp³-hybridized carbons (Fsp3) is 0.471. The zero-order valence-electron chi connectivity index (χ0n) is 14.4. The van der Waals surface area contributed by atoms with Crippen LogP contribution in [0.3, 0.4) is 0 Å². The molecular formula is C17H24N6O2. The van der Waals surface area contributed by atoms with Crippen molar-refractivity contribution < 1.29 is 9.53 Å². The van der Waals surface area contributed by atoms with Crippen LogP contribution in [0.25, 0.3) is 0 Å². The van der Waals surface area contributed by atoms with Crippen LogP contribution in [0.1, 0.15) is 5.69 Å². The van der Waals surface area contributed by atoms with Gasteiger partial charge in [-0.15, -0.1) is 0 Å². The van der Waals surface area contributed by atoms with Gasteiger partial charge in [-0.3, -0.25) is 4.79 Å². The van der Waals surface area contributed by atoms with E-state index in [0.29, 0.717) is 25.6 Å². The van der Waals surface area contributed by atoms with E-state index >= 15 is 0 Å². The maximum atomic E-state index is 11.8. The van der Waals surface area contributed by atoms with E-state index in [-0.39, 0.29) is 5.91 Å². The van der Waals surface area contributed by atoms with Gasteiger partial charge >= 0.3 is 0 Å². The van der Waals surface area contributed by atoms with Gasteiger partial charge in [0.05, 0.1) is 13.2 Å². The Morgan fingerprint density at radius 1 is 1.20 bits per heavy atom. The molecule has 8 heteroatoms. The number of aryl methyl sites for hydroxylation is 1. The first-order valence-electron chi connectivity index (χ1n) is 8.50. The summed E-state index contributed by atoms with van der Waals surface area (Å²) in [6.45, 7) is 6.49. The predicted octanol–water partition coefficient (Wildman–Crippen LogP) is 0.651. The molecule has 1 saturated heterocycles. The van der Waals surface area contributed by atoms with Gasteiger partial charge in [-0.25, -0.2) is 4.98 Å². The van der Waals surface area contributed by atoms with Crippen molar-refractivity contribution in [2.75, 3.05) is 49.6 Å². The van der Waals surface area contributed by atoms with Crippen molar-refractivity contribution in [3.8, 4) is 0 Å². The smallest absolute Gasteiger partial charge is 0.239 e. The third kappa shape index (κ3) is 5.18. The van der Waals surface area contributed by atoms with Gasteiger partial charge in [0.25, 0.3) is 0 Å². The Labute approximate surface area is 147 Å². The Hall–Kier alpha value is -2.61. The van der Waals surface area contributed by atoms with Crippen molar-refractivity contribution in [3.63, 3.8) is 0 Å². The maximum Gasteiger partial charge on any atom is 0.239 e. The summed E-state index contributed by atoms with van der Waals surface area (Å²) in [5.41, 5.74) is 0.913. The molecule has 0 radical (unpaired) electrons. The maximum absolute atomic E-state index is 11.8. The van der Waals surface area contributed by atoms with E-state index < -0.39 is 0 Å². The Bertz CT molecular complexity index is 682. The van der Waals surface area contributed by atoms with E-state index in [1.165, 1.54) is 0 Å². The SMILES string of the molecule is Cc1cc(N2CCOCC2)nc(NCCNC(=O)Cn2cccc2)n1. The fourth-order valence-electron chi connectivity index (χ4n) is 2.66. The largest absolute Gasteiger partial charge is 0.378 e. The van der Waals surface area contributed by atoms with Crippen LogP contribution in [0, 0.1) is 6.92 Å². The van der Waals surface area contributed by atoms with Crippen LogP contribution >= 0.6 is 0 Å². The van der Waals surface area contributed by atoms with Crippen LogP contribution in [0.2, 0.25) is 0 Å². The highest BCUT2D eigenvalue weighted by atomic mass is 16.5. The van der Waals surface area contributed by atoms with Gasteiger partial charge in [0.1, 0.15) is 12.4 Å². The third-order valence-electron chi connectivity index (χ3n) is 3.90. The van der Waals surface area contributed by atoms with Crippen molar-refractivity contribution in [3.05, 3.63) is 36.3 Å². The summed E-state index contributed by atoms with van der Waals surface area (Å²) in [6, 6.07) is 5.78. The van der Waals surface area contributed by atoms with Gasteiger partial charge in [-0.1, -0.05) is 0 Å². The summed E-state index contributed by atoms with van der Waals surface area (Å²) in [5, 5.41) is 6.06. The van der Waals surface area contributed by atoms with Crippen LogP contribution in [-0.2, 0) is 16.1 Å². The molecule has 8 nitrogen and oxygen atoms in total. The van der Waals surface area contributed by atoms with Crippen LogP contribution in [-0.4, -0.2) is 59.8 Å². The summed E-state index contributed by atoms with van der Waals surface area (Å²) in [5.74, 6) is 1.48. The molecule has 1 aliphatic rings. The number of hydrogen-bond acceptors (Lipinski definition) is 6. The van der Waals surface area contributed by atoms with Gasteiger partial charge in [0, 0.05) is 50.3 Å². The molecule has 1 fully saturated rings. The average Bonchev–Trinajstić information content (AvgIpc) is 3.12. The van der Waals surface area contributed by atoms with Gasteiger partial charge in [0.2, 0.25) is 11.9 Å². The molecule has 134 valence electrons. The molecule has 0 unspecified atom stereocenters. The standard InChI is InChI=1S/C17H24N6O2/c1-14-12-15(23-8-10-25-11-9-23)21-17(20-14)19-5-4-18-16(24)13-22-6-2-3-7-22/h2-3,6-7,12H,4-5,8-11,13H2,1H3,(H,18,24)(H,19,20,21). The number of aromatic nitrogens is 3. The zero-order valence-corrected chi connectivity index (χ0v) is 14.4. The summed E-state index contributed by atoms with van der Waals surface area (Å²) >= 11 is 0. The average molecular weight is 344 g/mol. The molecule has 2 aromatic rings. The van der Waals surface area contributed by atoms with E-state index in [0.717, 1.165) is 37.8 Å². The van der Waals surface area contributed by atoms with E-state index in [1.54, 1.807) is 0 Å². The highest BCUT2D eigenvalue weighted by molar-refractivity contribution is 5.75. The Morgan fingerprint density at radius 3 is 2.72 bits per heavy atom. The topological polar surface area (TPSA) is 84.3 Å². The molecule has 1 aliphatic heterocycles. The molecule has 3 heterocycles. The number of carbonyl (C=O) groups excluding carboxylic acids is 1. The lowest BCUT2D eigenvalue weighted by Gasteiger charge is -2.28. The van der Waals surface area contributed by atoms with Gasteiger partial charge in [-0.05, 0) is 19.1 Å². The fourth-order valence-corrected chi connectivity index (χ4v) is 2.66. The van der Waals surface area contributed by atoms with Crippen molar-refractivity contribution in [1.82, 2.24) is 19.9 Å². The number of carbonyl (C=O) groups is 1. The molecule has 0 aromatic carbocycles. The summed E-state index contributed by atoms with van der Waals surface area (Å²) < 4.78 is 7.21. The van der Waals surface area contributed by atoms with Crippen LogP contribution < -0.4 is 15.5 Å². The molecule has 0 bridgehead atoms. The number of hydrogen-bond donors (Lipinski definition) is 2. The molecule has 0 aliphatic carbocycles. The number of amides is 1. The number of morpholine rings is 1. The third-order valence-corrected chi connectivity index (χ3v) is 3.90.